The fourth-order valence-electron chi connectivity index (χ4n) is 1.04. The van der Waals surface area contributed by atoms with Gasteiger partial charge in [0, 0.05) is 23.1 Å². The van der Waals surface area contributed by atoms with Gasteiger partial charge in [0.05, 0.1) is 0 Å². The van der Waals surface area contributed by atoms with Crippen LogP contribution in [0.1, 0.15) is 12.0 Å². The molecule has 0 atom stereocenters. The Bertz CT molecular complexity index is 325. The first-order chi connectivity index (χ1) is 6.24. The Labute approximate surface area is 87.7 Å². The third-order valence-corrected chi connectivity index (χ3v) is 2.40. The van der Waals surface area contributed by atoms with Crippen LogP contribution in [0.3, 0.4) is 0 Å². The maximum atomic E-state index is 5.16. The number of nitrogens with one attached hydrogen (secondary N) is 1. The van der Waals surface area contributed by atoms with E-state index in [1.54, 1.807) is 0 Å². The molecule has 0 spiro atoms. The molecule has 0 unspecified atom stereocenters. The Balaban J connectivity index is 2.65. The van der Waals surface area contributed by atoms with E-state index in [1.165, 1.54) is 5.56 Å². The molecule has 1 aromatic carbocycles. The fourth-order valence-corrected chi connectivity index (χ4v) is 1.43. The summed E-state index contributed by atoms with van der Waals surface area (Å²) in [5, 5.41) is 3.27. The van der Waals surface area contributed by atoms with Crippen LogP contribution < -0.4 is 5.32 Å². The molecule has 1 N–H and O–H groups in total. The minimum absolute atomic E-state index is 0.750. The lowest BCUT2D eigenvalue weighted by Gasteiger charge is -2.07. The molecule has 0 heterocycles. The molecule has 0 bridgehead atoms. The van der Waals surface area contributed by atoms with Crippen molar-refractivity contribution in [3.05, 3.63) is 28.2 Å². The Kier molecular flexibility index (Phi) is 3.85. The van der Waals surface area contributed by atoms with E-state index in [0.29, 0.717) is 0 Å². The highest BCUT2D eigenvalue weighted by Gasteiger charge is 1.97. The average Bonchev–Trinajstić information content (AvgIpc) is 2.11. The van der Waals surface area contributed by atoms with Gasteiger partial charge in [-0.1, -0.05) is 6.07 Å². The minimum Gasteiger partial charge on any atom is -0.383 e. The van der Waals surface area contributed by atoms with E-state index in [1.807, 2.05) is 6.07 Å². The second kappa shape index (κ2) is 4.94. The van der Waals surface area contributed by atoms with Crippen LogP contribution in [-0.4, -0.2) is 6.54 Å². The molecule has 1 nitrogen and oxygen atoms in total. The summed E-state index contributed by atoms with van der Waals surface area (Å²) < 4.78 is 1.08. The van der Waals surface area contributed by atoms with Gasteiger partial charge in [0.15, 0.2) is 0 Å². The van der Waals surface area contributed by atoms with Crippen molar-refractivity contribution >= 4 is 21.6 Å². The van der Waals surface area contributed by atoms with Crippen molar-refractivity contribution in [3.63, 3.8) is 0 Å². The highest BCUT2D eigenvalue weighted by Crippen LogP contribution is 2.22. The summed E-state index contributed by atoms with van der Waals surface area (Å²) in [6, 6.07) is 6.20. The number of aryl methyl sites for hydroxylation is 1. The highest BCUT2D eigenvalue weighted by molar-refractivity contribution is 9.10. The van der Waals surface area contributed by atoms with Gasteiger partial charge in [-0.25, -0.2) is 0 Å². The van der Waals surface area contributed by atoms with Crippen LogP contribution in [0.5, 0.6) is 0 Å². The molecule has 1 rings (SSSR count). The molecule has 2 heteroatoms. The molecule has 0 amide bonds. The van der Waals surface area contributed by atoms with Crippen LogP contribution >= 0.6 is 15.9 Å². The minimum atomic E-state index is 0.750. The maximum Gasteiger partial charge on any atom is 0.0487 e. The first-order valence-corrected chi connectivity index (χ1v) is 4.97. The molecule has 1 aromatic rings. The number of anilines is 1. The second-order valence-electron chi connectivity index (χ2n) is 2.86. The maximum absolute atomic E-state index is 5.16. The lowest BCUT2D eigenvalue weighted by Crippen LogP contribution is -2.00. The Hall–Kier alpha value is -0.940. The number of halogens is 1. The Morgan fingerprint density at radius 1 is 1.54 bits per heavy atom. The Morgan fingerprint density at radius 3 is 3.00 bits per heavy atom. The van der Waals surface area contributed by atoms with Crippen molar-refractivity contribution in [1.82, 2.24) is 0 Å². The van der Waals surface area contributed by atoms with Crippen molar-refractivity contribution in [2.45, 2.75) is 13.3 Å². The van der Waals surface area contributed by atoms with Gasteiger partial charge >= 0.3 is 0 Å². The topological polar surface area (TPSA) is 12.0 Å². The quantitative estimate of drug-likeness (QED) is 0.629. The summed E-state index contributed by atoms with van der Waals surface area (Å²) in [5.74, 6) is 2.59. The van der Waals surface area contributed by atoms with Crippen LogP contribution in [0.25, 0.3) is 0 Å². The number of benzene rings is 1. The first-order valence-electron chi connectivity index (χ1n) is 4.17. The van der Waals surface area contributed by atoms with Gasteiger partial charge in [0.2, 0.25) is 0 Å². The molecule has 0 radical (unpaired) electrons. The normalized spacial score (nSPS) is 9.31. The highest BCUT2D eigenvalue weighted by atomic mass is 79.9. The van der Waals surface area contributed by atoms with Crippen LogP contribution in [-0.2, 0) is 0 Å². The van der Waals surface area contributed by atoms with Crippen molar-refractivity contribution in [2.24, 2.45) is 0 Å². The lowest BCUT2D eigenvalue weighted by molar-refractivity contribution is 1.09. The predicted molar refractivity (Wildman–Crippen MR) is 60.8 cm³/mol. The molecule has 0 aliphatic rings. The summed E-state index contributed by atoms with van der Waals surface area (Å²) in [4.78, 5) is 0. The van der Waals surface area contributed by atoms with Crippen molar-refractivity contribution in [1.29, 1.82) is 0 Å². The van der Waals surface area contributed by atoms with E-state index in [-0.39, 0.29) is 0 Å². The molecule has 0 aliphatic carbocycles. The van der Waals surface area contributed by atoms with Crippen LogP contribution in [0.4, 0.5) is 5.69 Å². The first kappa shape index (κ1) is 10.1. The van der Waals surface area contributed by atoms with Gasteiger partial charge in [-0.05, 0) is 40.5 Å². The fraction of sp³-hybridized carbons (Fsp3) is 0.273. The van der Waals surface area contributed by atoms with Gasteiger partial charge in [-0.3, -0.25) is 0 Å². The van der Waals surface area contributed by atoms with Crippen LogP contribution in [0.2, 0.25) is 0 Å². The molecular weight excluding hydrogens is 226 g/mol. The molecule has 68 valence electrons. The zero-order chi connectivity index (χ0) is 9.68. The Morgan fingerprint density at radius 2 is 2.31 bits per heavy atom. The summed E-state index contributed by atoms with van der Waals surface area (Å²) in [6.07, 6.45) is 5.91. The molecule has 0 aromatic heterocycles. The van der Waals surface area contributed by atoms with Gasteiger partial charge in [0.25, 0.3) is 0 Å². The molecular formula is C11H12BrN. The average molecular weight is 238 g/mol. The molecule has 0 aliphatic heterocycles. The number of hydrogen-bond acceptors (Lipinski definition) is 1. The summed E-state index contributed by atoms with van der Waals surface area (Å²) in [5.41, 5.74) is 2.35. The third-order valence-electron chi connectivity index (χ3n) is 1.71. The van der Waals surface area contributed by atoms with Crippen LogP contribution in [0.15, 0.2) is 22.7 Å². The van der Waals surface area contributed by atoms with Crippen molar-refractivity contribution in [3.8, 4) is 12.3 Å². The standard InChI is InChI=1S/C11H12BrN/c1-3-4-7-13-11-8-9(2)5-6-10(11)12/h1,5-6,8,13H,4,7H2,2H3. The molecule has 0 saturated carbocycles. The van der Waals surface area contributed by atoms with Gasteiger partial charge in [-0.15, -0.1) is 12.3 Å². The number of rotatable bonds is 3. The van der Waals surface area contributed by atoms with E-state index < -0.39 is 0 Å². The van der Waals surface area contributed by atoms with E-state index >= 15 is 0 Å². The lowest BCUT2D eigenvalue weighted by atomic mass is 10.2. The predicted octanol–water partition coefficient (Wildman–Crippen LogP) is 3.19. The smallest absolute Gasteiger partial charge is 0.0487 e. The zero-order valence-corrected chi connectivity index (χ0v) is 9.19. The third kappa shape index (κ3) is 3.12. The van der Waals surface area contributed by atoms with Gasteiger partial charge in [0.1, 0.15) is 0 Å². The van der Waals surface area contributed by atoms with E-state index in [0.717, 1.165) is 23.1 Å². The van der Waals surface area contributed by atoms with Gasteiger partial charge in [-0.2, -0.15) is 0 Å². The van der Waals surface area contributed by atoms with E-state index in [4.69, 9.17) is 6.42 Å². The number of hydrogen-bond donors (Lipinski definition) is 1. The summed E-state index contributed by atoms with van der Waals surface area (Å²) in [7, 11) is 0. The molecule has 0 saturated heterocycles. The SMILES string of the molecule is C#CCCNc1cc(C)ccc1Br. The molecule has 13 heavy (non-hydrogen) atoms. The van der Waals surface area contributed by atoms with Crippen molar-refractivity contribution in [2.75, 3.05) is 11.9 Å². The molecule has 0 fully saturated rings. The zero-order valence-electron chi connectivity index (χ0n) is 7.60. The van der Waals surface area contributed by atoms with Crippen molar-refractivity contribution < 1.29 is 0 Å². The van der Waals surface area contributed by atoms with Gasteiger partial charge < -0.3 is 5.32 Å². The second-order valence-corrected chi connectivity index (χ2v) is 3.72. The van der Waals surface area contributed by atoms with E-state index in [2.05, 4.69) is 46.2 Å². The monoisotopic (exact) mass is 237 g/mol. The van der Waals surface area contributed by atoms with Crippen LogP contribution in [0, 0.1) is 19.3 Å². The number of terminal acetylenes is 1. The largest absolute Gasteiger partial charge is 0.383 e. The summed E-state index contributed by atoms with van der Waals surface area (Å²) in [6.45, 7) is 2.89. The van der Waals surface area contributed by atoms with E-state index in [9.17, 15) is 0 Å². The summed E-state index contributed by atoms with van der Waals surface area (Å²) >= 11 is 3.47.